The molecule has 1 saturated heterocycles. The van der Waals surface area contributed by atoms with Gasteiger partial charge in [-0.3, -0.25) is 4.79 Å². The molecule has 0 radical (unpaired) electrons. The average molecular weight is 482 g/mol. The zero-order valence-electron chi connectivity index (χ0n) is 20.5. The number of hydrogen-bond donors (Lipinski definition) is 1. The van der Waals surface area contributed by atoms with E-state index < -0.39 is 17.6 Å². The Balaban J connectivity index is 1.53. The molecule has 188 valence electrons. The van der Waals surface area contributed by atoms with E-state index >= 15 is 0 Å². The number of carbonyl (C=O) groups is 2. The van der Waals surface area contributed by atoms with Crippen molar-refractivity contribution in [1.82, 2.24) is 5.32 Å². The quantitative estimate of drug-likeness (QED) is 0.549. The minimum absolute atomic E-state index is 0.0563. The maximum atomic E-state index is 13.0. The zero-order chi connectivity index (χ0) is 24.7. The number of fused-ring (bicyclic) bond motifs is 1. The van der Waals surface area contributed by atoms with Crippen LogP contribution in [0.5, 0.6) is 0 Å². The molecule has 2 aliphatic rings. The molecule has 1 aliphatic heterocycles. The third kappa shape index (κ3) is 6.10. The molecule has 1 saturated carbocycles. The molecule has 2 fully saturated rings. The van der Waals surface area contributed by atoms with Crippen molar-refractivity contribution >= 4 is 11.9 Å². The van der Waals surface area contributed by atoms with Gasteiger partial charge in [0.1, 0.15) is 6.10 Å². The number of nitrogens with one attached hydrogen (secondary N) is 1. The number of rotatable bonds is 9. The summed E-state index contributed by atoms with van der Waals surface area (Å²) in [6.45, 7) is 2.65. The Labute approximate surface area is 207 Å². The summed E-state index contributed by atoms with van der Waals surface area (Å²) in [5.41, 5.74) is 0.957. The van der Waals surface area contributed by atoms with Crippen LogP contribution in [-0.2, 0) is 41.8 Å². The third-order valence-corrected chi connectivity index (χ3v) is 6.98. The number of amides is 1. The molecule has 35 heavy (non-hydrogen) atoms. The molecule has 2 aromatic rings. The van der Waals surface area contributed by atoms with Crippen LogP contribution in [0.3, 0.4) is 0 Å². The Kier molecular flexibility index (Phi) is 8.55. The standard InChI is InChI=1S/C28H35NO6/c1-20(30)29-28(27(31)32-2)15-9-14-23-16-24(34-18-22-12-7-4-8-13-22)25(35-26(23)28)19-33-17-21-10-5-3-6-11-21/h3-8,10-13,23-26H,9,14-19H2,1-2H3,(H,29,30)/t23-,24-,25-,26+,28+/m1/s1. The molecule has 4 rings (SSSR count). The van der Waals surface area contributed by atoms with Crippen molar-refractivity contribution in [2.75, 3.05) is 13.7 Å². The predicted octanol–water partition coefficient (Wildman–Crippen LogP) is 3.79. The first-order valence-electron chi connectivity index (χ1n) is 12.3. The summed E-state index contributed by atoms with van der Waals surface area (Å²) in [5.74, 6) is -0.685. The van der Waals surface area contributed by atoms with Crippen molar-refractivity contribution in [1.29, 1.82) is 0 Å². The smallest absolute Gasteiger partial charge is 0.334 e. The van der Waals surface area contributed by atoms with E-state index in [9.17, 15) is 9.59 Å². The van der Waals surface area contributed by atoms with Crippen LogP contribution in [0, 0.1) is 5.92 Å². The monoisotopic (exact) mass is 481 g/mol. The molecule has 0 spiro atoms. The lowest BCUT2D eigenvalue weighted by molar-refractivity contribution is -0.220. The number of carbonyl (C=O) groups excluding carboxylic acids is 2. The molecule has 1 heterocycles. The van der Waals surface area contributed by atoms with E-state index in [1.807, 2.05) is 60.7 Å². The second-order valence-corrected chi connectivity index (χ2v) is 9.46. The largest absolute Gasteiger partial charge is 0.467 e. The van der Waals surface area contributed by atoms with E-state index in [-0.39, 0.29) is 24.0 Å². The molecule has 7 heteroatoms. The van der Waals surface area contributed by atoms with Gasteiger partial charge in [-0.25, -0.2) is 4.79 Å². The summed E-state index contributed by atoms with van der Waals surface area (Å²) in [6.07, 6.45) is 1.79. The maximum absolute atomic E-state index is 13.0. The van der Waals surface area contributed by atoms with Gasteiger partial charge >= 0.3 is 5.97 Å². The van der Waals surface area contributed by atoms with Crippen LogP contribution in [-0.4, -0.2) is 49.4 Å². The highest BCUT2D eigenvalue weighted by molar-refractivity contribution is 5.88. The summed E-state index contributed by atoms with van der Waals surface area (Å²) in [4.78, 5) is 25.1. The molecule has 0 bridgehead atoms. The van der Waals surface area contributed by atoms with Gasteiger partial charge in [0, 0.05) is 6.92 Å². The van der Waals surface area contributed by atoms with Gasteiger partial charge in [0.05, 0.1) is 39.1 Å². The lowest BCUT2D eigenvalue weighted by atomic mass is 9.69. The summed E-state index contributed by atoms with van der Waals surface area (Å²) in [5, 5.41) is 2.90. The summed E-state index contributed by atoms with van der Waals surface area (Å²) < 4.78 is 24.2. The van der Waals surface area contributed by atoms with E-state index in [2.05, 4.69) is 5.32 Å². The van der Waals surface area contributed by atoms with Gasteiger partial charge < -0.3 is 24.3 Å². The number of esters is 1. The van der Waals surface area contributed by atoms with E-state index in [1.165, 1.54) is 14.0 Å². The van der Waals surface area contributed by atoms with Gasteiger partial charge in [-0.05, 0) is 36.3 Å². The van der Waals surface area contributed by atoms with Crippen molar-refractivity contribution in [3.8, 4) is 0 Å². The Morgan fingerprint density at radius 2 is 1.69 bits per heavy atom. The Bertz CT molecular complexity index is 968. The third-order valence-electron chi connectivity index (χ3n) is 6.98. The fraction of sp³-hybridized carbons (Fsp3) is 0.500. The zero-order valence-corrected chi connectivity index (χ0v) is 20.5. The maximum Gasteiger partial charge on any atom is 0.334 e. The van der Waals surface area contributed by atoms with Crippen LogP contribution in [0.25, 0.3) is 0 Å². The Morgan fingerprint density at radius 1 is 1.03 bits per heavy atom. The highest BCUT2D eigenvalue weighted by Gasteiger charge is 2.57. The fourth-order valence-electron chi connectivity index (χ4n) is 5.40. The molecular formula is C28H35NO6. The van der Waals surface area contributed by atoms with Gasteiger partial charge in [0.15, 0.2) is 5.54 Å². The Morgan fingerprint density at radius 3 is 2.31 bits per heavy atom. The highest BCUT2D eigenvalue weighted by Crippen LogP contribution is 2.43. The van der Waals surface area contributed by atoms with Crippen molar-refractivity contribution < 1.29 is 28.5 Å². The van der Waals surface area contributed by atoms with Gasteiger partial charge in [-0.15, -0.1) is 0 Å². The van der Waals surface area contributed by atoms with E-state index in [1.54, 1.807) is 0 Å². The molecule has 7 nitrogen and oxygen atoms in total. The minimum Gasteiger partial charge on any atom is -0.467 e. The Hall–Kier alpha value is -2.74. The fourth-order valence-corrected chi connectivity index (χ4v) is 5.40. The first-order valence-corrected chi connectivity index (χ1v) is 12.3. The second-order valence-electron chi connectivity index (χ2n) is 9.46. The van der Waals surface area contributed by atoms with Gasteiger partial charge in [-0.1, -0.05) is 67.1 Å². The van der Waals surface area contributed by atoms with E-state index in [0.717, 1.165) is 30.4 Å². The van der Waals surface area contributed by atoms with Gasteiger partial charge in [0.25, 0.3) is 0 Å². The van der Waals surface area contributed by atoms with Crippen LogP contribution in [0.15, 0.2) is 60.7 Å². The molecule has 0 aromatic heterocycles. The van der Waals surface area contributed by atoms with Crippen molar-refractivity contribution in [2.24, 2.45) is 5.92 Å². The lowest BCUT2D eigenvalue weighted by Crippen LogP contribution is -2.69. The first kappa shape index (κ1) is 25.4. The second kappa shape index (κ2) is 11.8. The summed E-state index contributed by atoms with van der Waals surface area (Å²) in [6, 6.07) is 20.0. The van der Waals surface area contributed by atoms with Crippen LogP contribution in [0.1, 0.15) is 43.7 Å². The molecule has 2 aromatic carbocycles. The van der Waals surface area contributed by atoms with Gasteiger partial charge in [-0.2, -0.15) is 0 Å². The molecular weight excluding hydrogens is 446 g/mol. The van der Waals surface area contributed by atoms with Crippen LogP contribution < -0.4 is 5.32 Å². The topological polar surface area (TPSA) is 83.1 Å². The summed E-state index contributed by atoms with van der Waals surface area (Å²) in [7, 11) is 1.35. The van der Waals surface area contributed by atoms with Crippen LogP contribution in [0.4, 0.5) is 0 Å². The molecule has 1 N–H and O–H groups in total. The van der Waals surface area contributed by atoms with Crippen molar-refractivity contribution in [3.63, 3.8) is 0 Å². The number of methoxy groups -OCH3 is 1. The average Bonchev–Trinajstić information content (AvgIpc) is 2.88. The van der Waals surface area contributed by atoms with Crippen LogP contribution in [0.2, 0.25) is 0 Å². The van der Waals surface area contributed by atoms with Crippen molar-refractivity contribution in [2.45, 2.75) is 69.7 Å². The lowest BCUT2D eigenvalue weighted by Gasteiger charge is -2.51. The number of ether oxygens (including phenoxy) is 4. The highest BCUT2D eigenvalue weighted by atomic mass is 16.6. The van der Waals surface area contributed by atoms with Gasteiger partial charge in [0.2, 0.25) is 5.91 Å². The number of hydrogen-bond acceptors (Lipinski definition) is 6. The molecule has 1 aliphatic carbocycles. The van der Waals surface area contributed by atoms with Crippen molar-refractivity contribution in [3.05, 3.63) is 71.8 Å². The normalized spacial score (nSPS) is 28.1. The van der Waals surface area contributed by atoms with E-state index in [0.29, 0.717) is 26.2 Å². The molecule has 5 atom stereocenters. The summed E-state index contributed by atoms with van der Waals surface area (Å²) >= 11 is 0. The number of benzene rings is 2. The van der Waals surface area contributed by atoms with E-state index in [4.69, 9.17) is 18.9 Å². The predicted molar refractivity (Wildman–Crippen MR) is 130 cm³/mol. The SMILES string of the molecule is COC(=O)[C@]1(NC(C)=O)CCC[C@@H]2C[C@@H](OCc3ccccc3)[C@@H](COCc3ccccc3)O[C@@H]21. The minimum atomic E-state index is -1.20. The van der Waals surface area contributed by atoms with Crippen LogP contribution >= 0.6 is 0 Å². The molecule has 0 unspecified atom stereocenters. The molecule has 1 amide bonds. The first-order chi connectivity index (χ1) is 17.0.